The maximum absolute atomic E-state index is 10.6. The lowest BCUT2D eigenvalue weighted by Crippen LogP contribution is -2.29. The molecule has 68 valence electrons. The predicted molar refractivity (Wildman–Crippen MR) is 46.3 cm³/mol. The van der Waals surface area contributed by atoms with Crippen molar-refractivity contribution in [3.05, 3.63) is 12.2 Å². The fraction of sp³-hybridized carbons (Fsp3) is 0.500. The van der Waals surface area contributed by atoms with Crippen molar-refractivity contribution in [2.24, 2.45) is 5.73 Å². The number of amides is 2. The molecule has 1 rings (SSSR count). The van der Waals surface area contributed by atoms with Gasteiger partial charge in [0.05, 0.1) is 0 Å². The van der Waals surface area contributed by atoms with E-state index < -0.39 is 0 Å². The highest BCUT2D eigenvalue weighted by atomic mass is 16.2. The minimum atomic E-state index is -0.206. The van der Waals surface area contributed by atoms with Crippen LogP contribution in [0.3, 0.4) is 0 Å². The van der Waals surface area contributed by atoms with Gasteiger partial charge in [0.25, 0.3) is 11.8 Å². The summed E-state index contributed by atoms with van der Waals surface area (Å²) >= 11 is 0. The highest BCUT2D eigenvalue weighted by Crippen LogP contribution is 2.00. The van der Waals surface area contributed by atoms with E-state index in [-0.39, 0.29) is 11.8 Å². The van der Waals surface area contributed by atoms with Gasteiger partial charge >= 0.3 is 0 Å². The highest BCUT2D eigenvalue weighted by molar-refractivity contribution is 6.12. The molecule has 0 saturated carbocycles. The first-order chi connectivity index (χ1) is 5.67. The minimum absolute atomic E-state index is 0.206. The second-order valence-electron chi connectivity index (χ2n) is 2.16. The summed E-state index contributed by atoms with van der Waals surface area (Å²) < 4.78 is 0. The van der Waals surface area contributed by atoms with Crippen LogP contribution in [0.5, 0.6) is 0 Å². The second-order valence-corrected chi connectivity index (χ2v) is 2.16. The third kappa shape index (κ3) is 2.84. The number of nitrogens with two attached hydrogens (primary N) is 1. The molecule has 0 fully saturated rings. The van der Waals surface area contributed by atoms with Gasteiger partial charge in [-0.1, -0.05) is 6.92 Å². The van der Waals surface area contributed by atoms with Crippen LogP contribution in [-0.2, 0) is 9.59 Å². The molecule has 0 bridgehead atoms. The molecule has 0 radical (unpaired) electrons. The first-order valence-corrected chi connectivity index (χ1v) is 3.90. The zero-order valence-electron chi connectivity index (χ0n) is 7.41. The summed E-state index contributed by atoms with van der Waals surface area (Å²) in [5.41, 5.74) is 4.85. The van der Waals surface area contributed by atoms with Gasteiger partial charge in [-0.25, -0.2) is 0 Å². The third-order valence-corrected chi connectivity index (χ3v) is 1.22. The lowest BCUT2D eigenvalue weighted by molar-refractivity contribution is -0.136. The molecule has 1 heterocycles. The molecule has 1 aliphatic heterocycles. The number of hydrogen-bond acceptors (Lipinski definition) is 3. The van der Waals surface area contributed by atoms with Crippen molar-refractivity contribution in [3.8, 4) is 0 Å². The predicted octanol–water partition coefficient (Wildman–Crippen LogP) is -0.104. The van der Waals surface area contributed by atoms with Crippen LogP contribution >= 0.6 is 0 Å². The Kier molecular flexibility index (Phi) is 4.96. The van der Waals surface area contributed by atoms with Gasteiger partial charge in [-0.3, -0.25) is 14.5 Å². The Labute approximate surface area is 72.0 Å². The normalized spacial score (nSPS) is 14.8. The van der Waals surface area contributed by atoms with E-state index in [9.17, 15) is 9.59 Å². The molecule has 0 spiro atoms. The first-order valence-electron chi connectivity index (χ1n) is 3.90. The lowest BCUT2D eigenvalue weighted by Gasteiger charge is -2.08. The van der Waals surface area contributed by atoms with Gasteiger partial charge in [0.2, 0.25) is 0 Å². The van der Waals surface area contributed by atoms with Gasteiger partial charge in [-0.2, -0.15) is 0 Å². The summed E-state index contributed by atoms with van der Waals surface area (Å²) in [5, 5.41) is 0. The smallest absolute Gasteiger partial charge is 0.253 e. The van der Waals surface area contributed by atoms with Crippen LogP contribution in [0.25, 0.3) is 0 Å². The van der Waals surface area contributed by atoms with Gasteiger partial charge in [0.15, 0.2) is 0 Å². The molecule has 0 aliphatic carbocycles. The summed E-state index contributed by atoms with van der Waals surface area (Å²) in [4.78, 5) is 22.4. The van der Waals surface area contributed by atoms with Gasteiger partial charge in [0.1, 0.15) is 0 Å². The van der Waals surface area contributed by atoms with Gasteiger partial charge < -0.3 is 5.73 Å². The Morgan fingerprint density at radius 1 is 1.25 bits per heavy atom. The van der Waals surface area contributed by atoms with Gasteiger partial charge in [0, 0.05) is 18.7 Å². The van der Waals surface area contributed by atoms with Crippen molar-refractivity contribution in [1.29, 1.82) is 0 Å². The largest absolute Gasteiger partial charge is 0.331 e. The van der Waals surface area contributed by atoms with E-state index in [1.54, 1.807) is 6.92 Å². The minimum Gasteiger partial charge on any atom is -0.331 e. The van der Waals surface area contributed by atoms with E-state index in [1.165, 1.54) is 17.1 Å². The summed E-state index contributed by atoms with van der Waals surface area (Å²) in [6.45, 7) is 4.88. The number of likely N-dealkylation sites (N-methyl/N-ethyl adjacent to an activating group) is 1. The van der Waals surface area contributed by atoms with E-state index in [0.29, 0.717) is 6.54 Å². The topological polar surface area (TPSA) is 63.4 Å². The van der Waals surface area contributed by atoms with Crippen LogP contribution in [0.1, 0.15) is 13.8 Å². The number of carbonyl (C=O) groups is 2. The fourth-order valence-electron chi connectivity index (χ4n) is 0.743. The van der Waals surface area contributed by atoms with Crippen molar-refractivity contribution in [2.45, 2.75) is 13.8 Å². The number of carbonyl (C=O) groups excluding carboxylic acids is 2. The van der Waals surface area contributed by atoms with Crippen molar-refractivity contribution in [3.63, 3.8) is 0 Å². The van der Waals surface area contributed by atoms with Crippen molar-refractivity contribution in [1.82, 2.24) is 4.90 Å². The quantitative estimate of drug-likeness (QED) is 0.559. The average molecular weight is 170 g/mol. The number of rotatable bonds is 1. The van der Waals surface area contributed by atoms with Gasteiger partial charge in [-0.15, -0.1) is 0 Å². The van der Waals surface area contributed by atoms with E-state index >= 15 is 0 Å². The van der Waals surface area contributed by atoms with E-state index in [4.69, 9.17) is 5.73 Å². The molecule has 2 amide bonds. The molecule has 0 aromatic rings. The number of hydrogen-bond donors (Lipinski definition) is 1. The molecule has 1 aliphatic rings. The molecule has 0 aromatic heterocycles. The molecule has 0 aromatic carbocycles. The highest BCUT2D eigenvalue weighted by Gasteiger charge is 2.20. The maximum atomic E-state index is 10.6. The molecular weight excluding hydrogens is 156 g/mol. The second kappa shape index (κ2) is 5.49. The summed E-state index contributed by atoms with van der Waals surface area (Å²) in [6.07, 6.45) is 2.57. The van der Waals surface area contributed by atoms with Crippen LogP contribution in [0.15, 0.2) is 12.2 Å². The van der Waals surface area contributed by atoms with Gasteiger partial charge in [-0.05, 0) is 13.5 Å². The molecule has 2 N–H and O–H groups in total. The molecule has 4 nitrogen and oxygen atoms in total. The Morgan fingerprint density at radius 2 is 1.58 bits per heavy atom. The summed E-state index contributed by atoms with van der Waals surface area (Å²) in [6, 6.07) is 0. The van der Waals surface area contributed by atoms with E-state index in [1.807, 2.05) is 6.92 Å². The fourth-order valence-corrected chi connectivity index (χ4v) is 0.743. The maximum Gasteiger partial charge on any atom is 0.253 e. The number of nitrogens with zero attached hydrogens (tertiary/aromatic N) is 1. The molecule has 12 heavy (non-hydrogen) atoms. The third-order valence-electron chi connectivity index (χ3n) is 1.22. The Balaban J connectivity index is 0.000000354. The summed E-state index contributed by atoms with van der Waals surface area (Å²) in [5.74, 6) is -0.412. The molecule has 0 saturated heterocycles. The van der Waals surface area contributed by atoms with Crippen LogP contribution in [-0.4, -0.2) is 29.8 Å². The molecule has 0 atom stereocenters. The van der Waals surface area contributed by atoms with Crippen LogP contribution in [0, 0.1) is 0 Å². The SMILES string of the molecule is CCN.CCN1C(=O)C=CC1=O. The monoisotopic (exact) mass is 170 g/mol. The molecular formula is C8H14N2O2. The van der Waals surface area contributed by atoms with Crippen LogP contribution < -0.4 is 5.73 Å². The molecule has 0 unspecified atom stereocenters. The summed E-state index contributed by atoms with van der Waals surface area (Å²) in [7, 11) is 0. The zero-order chi connectivity index (χ0) is 9.56. The lowest BCUT2D eigenvalue weighted by atomic mass is 10.5. The van der Waals surface area contributed by atoms with Crippen molar-refractivity contribution in [2.75, 3.05) is 13.1 Å². The Morgan fingerprint density at radius 3 is 1.75 bits per heavy atom. The van der Waals surface area contributed by atoms with Crippen LogP contribution in [0.4, 0.5) is 0 Å². The zero-order valence-corrected chi connectivity index (χ0v) is 7.41. The van der Waals surface area contributed by atoms with Crippen LogP contribution in [0.2, 0.25) is 0 Å². The van der Waals surface area contributed by atoms with Crippen molar-refractivity contribution < 1.29 is 9.59 Å². The Hall–Kier alpha value is -1.16. The standard InChI is InChI=1S/C6H7NO2.C2H7N/c1-2-7-5(8)3-4-6(7)9;1-2-3/h3-4H,2H2,1H3;2-3H2,1H3. The first kappa shape index (κ1) is 10.8. The van der Waals surface area contributed by atoms with E-state index in [0.717, 1.165) is 6.54 Å². The Bertz CT molecular complexity index is 181. The molecule has 4 heteroatoms. The average Bonchev–Trinajstić information content (AvgIpc) is 2.33. The van der Waals surface area contributed by atoms with E-state index in [2.05, 4.69) is 0 Å². The van der Waals surface area contributed by atoms with Crippen molar-refractivity contribution >= 4 is 11.8 Å². The number of imide groups is 1.